The van der Waals surface area contributed by atoms with Gasteiger partial charge in [-0.3, -0.25) is 0 Å². The zero-order valence-electron chi connectivity index (χ0n) is 11.6. The minimum absolute atomic E-state index is 0.0235. The first-order chi connectivity index (χ1) is 9.26. The molecule has 1 aliphatic carbocycles. The Balaban J connectivity index is 2.13. The Hall–Kier alpha value is -0.843. The Kier molecular flexibility index (Phi) is 5.42. The third-order valence-electron chi connectivity index (χ3n) is 3.98. The van der Waals surface area contributed by atoms with E-state index in [1.807, 2.05) is 24.3 Å². The van der Waals surface area contributed by atoms with E-state index in [-0.39, 0.29) is 18.8 Å². The summed E-state index contributed by atoms with van der Waals surface area (Å²) in [7, 11) is 1.20. The van der Waals surface area contributed by atoms with E-state index >= 15 is 0 Å². The van der Waals surface area contributed by atoms with Crippen molar-refractivity contribution in [3.05, 3.63) is 29.8 Å². The molecular weight excluding hydrogens is 256 g/mol. The Morgan fingerprint density at radius 3 is 2.79 bits per heavy atom. The third-order valence-corrected chi connectivity index (χ3v) is 4.56. The van der Waals surface area contributed by atoms with E-state index < -0.39 is 0 Å². The van der Waals surface area contributed by atoms with Crippen LogP contribution in [0.25, 0.3) is 0 Å². The van der Waals surface area contributed by atoms with Gasteiger partial charge in [-0.15, -0.1) is 0 Å². The number of aliphatic hydroxyl groups excluding tert-OH is 2. The molecule has 0 radical (unpaired) electrons. The predicted molar refractivity (Wildman–Crippen MR) is 79.5 cm³/mol. The number of rotatable bonds is 5. The number of hydrogen-bond acceptors (Lipinski definition) is 3. The lowest BCUT2D eigenvalue weighted by molar-refractivity contribution is -0.0304. The molecule has 19 heavy (non-hydrogen) atoms. The van der Waals surface area contributed by atoms with Crippen molar-refractivity contribution in [3.8, 4) is 5.75 Å². The minimum atomic E-state index is -0.376. The van der Waals surface area contributed by atoms with E-state index in [9.17, 15) is 10.2 Å². The van der Waals surface area contributed by atoms with Gasteiger partial charge in [0.2, 0.25) is 0 Å². The Bertz CT molecular complexity index is 395. The van der Waals surface area contributed by atoms with Crippen LogP contribution in [-0.2, 0) is 6.61 Å². The van der Waals surface area contributed by atoms with Gasteiger partial charge in [0.05, 0.1) is 12.7 Å². The number of aliphatic hydroxyl groups is 2. The van der Waals surface area contributed by atoms with Crippen LogP contribution in [-0.4, -0.2) is 32.7 Å². The Morgan fingerprint density at radius 2 is 2.05 bits per heavy atom. The van der Waals surface area contributed by atoms with E-state index in [0.29, 0.717) is 11.7 Å². The fraction of sp³-hybridized carbons (Fsp3) is 0.600. The van der Waals surface area contributed by atoms with E-state index in [4.69, 9.17) is 4.74 Å². The highest BCUT2D eigenvalue weighted by Crippen LogP contribution is 2.32. The molecule has 0 saturated heterocycles. The highest BCUT2D eigenvalue weighted by atomic mass is 28.1. The average molecular weight is 280 g/mol. The van der Waals surface area contributed by atoms with Crippen LogP contribution in [0.5, 0.6) is 5.75 Å². The molecule has 3 nitrogen and oxygen atoms in total. The molecule has 4 heteroatoms. The SMILES string of the molecule is OCc1ccccc1OC1C(O)CCCC1CC[SiH3]. The van der Waals surface area contributed by atoms with Crippen molar-refractivity contribution in [1.29, 1.82) is 0 Å². The maximum Gasteiger partial charge on any atom is 0.127 e. The summed E-state index contributed by atoms with van der Waals surface area (Å²) in [5.74, 6) is 1.17. The van der Waals surface area contributed by atoms with Crippen molar-refractivity contribution < 1.29 is 14.9 Å². The summed E-state index contributed by atoms with van der Waals surface area (Å²) in [6.45, 7) is -0.0235. The van der Waals surface area contributed by atoms with Crippen LogP contribution in [0.4, 0.5) is 0 Å². The van der Waals surface area contributed by atoms with Gasteiger partial charge in [-0.1, -0.05) is 30.7 Å². The molecule has 1 fully saturated rings. The van der Waals surface area contributed by atoms with Gasteiger partial charge in [0.1, 0.15) is 11.9 Å². The van der Waals surface area contributed by atoms with Crippen molar-refractivity contribution in [2.75, 3.05) is 0 Å². The van der Waals surface area contributed by atoms with Crippen molar-refractivity contribution >= 4 is 10.2 Å². The lowest BCUT2D eigenvalue weighted by Gasteiger charge is -2.36. The highest BCUT2D eigenvalue weighted by molar-refractivity contribution is 6.08. The molecule has 0 aromatic heterocycles. The van der Waals surface area contributed by atoms with Gasteiger partial charge in [-0.05, 0) is 31.2 Å². The van der Waals surface area contributed by atoms with Crippen LogP contribution in [0, 0.1) is 5.92 Å². The molecule has 1 aromatic carbocycles. The molecule has 2 rings (SSSR count). The van der Waals surface area contributed by atoms with Gasteiger partial charge in [0.25, 0.3) is 0 Å². The van der Waals surface area contributed by atoms with Gasteiger partial charge >= 0.3 is 0 Å². The van der Waals surface area contributed by atoms with Gasteiger partial charge in [0, 0.05) is 15.8 Å². The second-order valence-electron chi connectivity index (χ2n) is 5.40. The van der Waals surface area contributed by atoms with E-state index in [1.165, 1.54) is 16.3 Å². The molecule has 1 saturated carbocycles. The van der Waals surface area contributed by atoms with Crippen LogP contribution in [0.1, 0.15) is 31.2 Å². The monoisotopic (exact) mass is 280 g/mol. The average Bonchev–Trinajstić information content (AvgIpc) is 2.43. The van der Waals surface area contributed by atoms with Crippen LogP contribution in [0.15, 0.2) is 24.3 Å². The number of hydrogen-bond donors (Lipinski definition) is 2. The first-order valence-electron chi connectivity index (χ1n) is 7.29. The molecule has 0 aliphatic heterocycles. The topological polar surface area (TPSA) is 49.7 Å². The fourth-order valence-electron chi connectivity index (χ4n) is 2.98. The van der Waals surface area contributed by atoms with Gasteiger partial charge < -0.3 is 14.9 Å². The number of para-hydroxylation sites is 1. The van der Waals surface area contributed by atoms with Crippen LogP contribution in [0.2, 0.25) is 6.04 Å². The summed E-state index contributed by atoms with van der Waals surface area (Å²) < 4.78 is 6.06. The Labute approximate surface area is 118 Å². The number of benzene rings is 1. The maximum absolute atomic E-state index is 10.2. The molecular formula is C15H24O3Si. The Morgan fingerprint density at radius 1 is 1.26 bits per heavy atom. The van der Waals surface area contributed by atoms with Gasteiger partial charge in [0.15, 0.2) is 0 Å². The first-order valence-corrected chi connectivity index (χ1v) is 8.71. The second-order valence-corrected chi connectivity index (χ2v) is 6.40. The standard InChI is InChI=1S/C15H24O3Si/c16-10-12-4-1-2-7-14(12)18-15-11(8-9-19)5-3-6-13(15)17/h1-2,4,7,11,13,15-17H,3,5-6,8-10H2,19H3. The van der Waals surface area contributed by atoms with Crippen molar-refractivity contribution in [3.63, 3.8) is 0 Å². The quantitative estimate of drug-likeness (QED) is 0.799. The summed E-state index contributed by atoms with van der Waals surface area (Å²) in [6.07, 6.45) is 3.72. The van der Waals surface area contributed by atoms with Crippen molar-refractivity contribution in [1.82, 2.24) is 0 Å². The molecule has 3 atom stereocenters. The number of ether oxygens (including phenoxy) is 1. The van der Waals surface area contributed by atoms with Gasteiger partial charge in [-0.2, -0.15) is 0 Å². The molecule has 0 bridgehead atoms. The summed E-state index contributed by atoms with van der Waals surface area (Å²) in [5.41, 5.74) is 0.796. The van der Waals surface area contributed by atoms with E-state index in [2.05, 4.69) is 0 Å². The smallest absolute Gasteiger partial charge is 0.127 e. The molecule has 106 valence electrons. The molecule has 0 heterocycles. The second kappa shape index (κ2) is 7.08. The van der Waals surface area contributed by atoms with E-state index in [0.717, 1.165) is 31.2 Å². The summed E-state index contributed by atoms with van der Waals surface area (Å²) in [5, 5.41) is 19.6. The maximum atomic E-state index is 10.2. The van der Waals surface area contributed by atoms with Crippen molar-refractivity contribution in [2.45, 2.75) is 50.5 Å². The molecule has 1 aliphatic rings. The normalized spacial score (nSPS) is 27.4. The summed E-state index contributed by atoms with van der Waals surface area (Å²) in [4.78, 5) is 0. The predicted octanol–water partition coefficient (Wildman–Crippen LogP) is 1.26. The van der Waals surface area contributed by atoms with E-state index in [1.54, 1.807) is 0 Å². The zero-order chi connectivity index (χ0) is 13.7. The fourth-order valence-corrected chi connectivity index (χ4v) is 3.72. The summed E-state index contributed by atoms with van der Waals surface area (Å²) >= 11 is 0. The largest absolute Gasteiger partial charge is 0.487 e. The minimum Gasteiger partial charge on any atom is -0.487 e. The summed E-state index contributed by atoms with van der Waals surface area (Å²) in [6, 6.07) is 8.80. The molecule has 0 spiro atoms. The zero-order valence-corrected chi connectivity index (χ0v) is 13.6. The third kappa shape index (κ3) is 3.59. The van der Waals surface area contributed by atoms with Gasteiger partial charge in [-0.25, -0.2) is 0 Å². The first kappa shape index (κ1) is 14.6. The lowest BCUT2D eigenvalue weighted by Crippen LogP contribution is -2.42. The highest BCUT2D eigenvalue weighted by Gasteiger charge is 2.33. The molecule has 0 amide bonds. The molecule has 3 unspecified atom stereocenters. The molecule has 2 N–H and O–H groups in total. The van der Waals surface area contributed by atoms with Crippen LogP contribution in [0.3, 0.4) is 0 Å². The van der Waals surface area contributed by atoms with Crippen LogP contribution < -0.4 is 4.74 Å². The lowest BCUT2D eigenvalue weighted by atomic mass is 9.82. The van der Waals surface area contributed by atoms with Crippen LogP contribution >= 0.6 is 0 Å². The van der Waals surface area contributed by atoms with Crippen molar-refractivity contribution in [2.24, 2.45) is 5.92 Å². The molecule has 1 aromatic rings.